The first kappa shape index (κ1) is 14.6. The summed E-state index contributed by atoms with van der Waals surface area (Å²) < 4.78 is 10.3. The summed E-state index contributed by atoms with van der Waals surface area (Å²) in [5, 5.41) is 2.88. The molecule has 1 saturated heterocycles. The SMILES string of the molecule is COc1ccc(C(=O)NCCN2CCOCC2)c(N)c1. The fraction of sp³-hybridized carbons (Fsp3) is 0.500. The number of hydrogen-bond donors (Lipinski definition) is 2. The van der Waals surface area contributed by atoms with Crippen LogP contribution in [0.5, 0.6) is 5.75 Å². The predicted octanol–water partition coefficient (Wildman–Crippen LogP) is 0.339. The Balaban J connectivity index is 1.82. The van der Waals surface area contributed by atoms with Gasteiger partial charge in [-0.2, -0.15) is 0 Å². The average molecular weight is 279 g/mol. The third kappa shape index (κ3) is 3.85. The summed E-state index contributed by atoms with van der Waals surface area (Å²) in [6.45, 7) is 4.79. The van der Waals surface area contributed by atoms with Gasteiger partial charge in [-0.25, -0.2) is 0 Å². The van der Waals surface area contributed by atoms with Crippen LogP contribution in [0.25, 0.3) is 0 Å². The standard InChI is InChI=1S/C14H21N3O3/c1-19-11-2-3-12(13(15)10-11)14(18)16-4-5-17-6-8-20-9-7-17/h2-3,10H,4-9,15H2,1H3,(H,16,18). The minimum atomic E-state index is -0.154. The molecule has 0 aromatic heterocycles. The Bertz CT molecular complexity index is 459. The number of nitrogen functional groups attached to an aromatic ring is 1. The number of hydrogen-bond acceptors (Lipinski definition) is 5. The van der Waals surface area contributed by atoms with E-state index in [0.717, 1.165) is 32.8 Å². The molecule has 6 heteroatoms. The lowest BCUT2D eigenvalue weighted by Crippen LogP contribution is -2.41. The highest BCUT2D eigenvalue weighted by Crippen LogP contribution is 2.19. The molecular weight excluding hydrogens is 258 g/mol. The van der Waals surface area contributed by atoms with E-state index in [1.54, 1.807) is 25.3 Å². The van der Waals surface area contributed by atoms with E-state index in [-0.39, 0.29) is 5.91 Å². The number of nitrogens with one attached hydrogen (secondary N) is 1. The molecule has 1 aliphatic heterocycles. The van der Waals surface area contributed by atoms with Gasteiger partial charge in [-0.1, -0.05) is 0 Å². The summed E-state index contributed by atoms with van der Waals surface area (Å²) in [6, 6.07) is 5.06. The van der Waals surface area contributed by atoms with E-state index in [2.05, 4.69) is 10.2 Å². The third-order valence-electron chi connectivity index (χ3n) is 3.32. The van der Waals surface area contributed by atoms with Gasteiger partial charge in [-0.3, -0.25) is 9.69 Å². The summed E-state index contributed by atoms with van der Waals surface area (Å²) in [5.41, 5.74) is 6.75. The Morgan fingerprint density at radius 1 is 1.45 bits per heavy atom. The Kier molecular flexibility index (Phi) is 5.20. The lowest BCUT2D eigenvalue weighted by molar-refractivity contribution is 0.0383. The monoisotopic (exact) mass is 279 g/mol. The number of methoxy groups -OCH3 is 1. The van der Waals surface area contributed by atoms with Gasteiger partial charge in [0, 0.05) is 37.9 Å². The van der Waals surface area contributed by atoms with Crippen molar-refractivity contribution in [1.29, 1.82) is 0 Å². The summed E-state index contributed by atoms with van der Waals surface area (Å²) in [5.74, 6) is 0.491. The van der Waals surface area contributed by atoms with Crippen LogP contribution in [0.2, 0.25) is 0 Å². The normalized spacial score (nSPS) is 15.8. The summed E-state index contributed by atoms with van der Waals surface area (Å²) in [6.07, 6.45) is 0. The molecule has 0 atom stereocenters. The van der Waals surface area contributed by atoms with Crippen LogP contribution in [0.15, 0.2) is 18.2 Å². The number of nitrogens with zero attached hydrogens (tertiary/aromatic N) is 1. The molecule has 0 radical (unpaired) electrons. The number of benzene rings is 1. The second-order valence-electron chi connectivity index (χ2n) is 4.66. The van der Waals surface area contributed by atoms with Gasteiger partial charge in [0.15, 0.2) is 0 Å². The van der Waals surface area contributed by atoms with Crippen LogP contribution in [0.1, 0.15) is 10.4 Å². The van der Waals surface area contributed by atoms with E-state index in [4.69, 9.17) is 15.2 Å². The molecule has 0 aliphatic carbocycles. The number of morpholine rings is 1. The maximum atomic E-state index is 12.0. The van der Waals surface area contributed by atoms with Crippen LogP contribution in [-0.4, -0.2) is 57.3 Å². The Labute approximate surface area is 118 Å². The zero-order chi connectivity index (χ0) is 14.4. The Morgan fingerprint density at radius 2 is 2.20 bits per heavy atom. The highest BCUT2D eigenvalue weighted by molar-refractivity contribution is 5.99. The zero-order valence-electron chi connectivity index (χ0n) is 11.7. The van der Waals surface area contributed by atoms with Crippen LogP contribution in [-0.2, 0) is 4.74 Å². The molecule has 20 heavy (non-hydrogen) atoms. The summed E-state index contributed by atoms with van der Waals surface area (Å²) in [4.78, 5) is 14.3. The second-order valence-corrected chi connectivity index (χ2v) is 4.66. The van der Waals surface area contributed by atoms with E-state index in [0.29, 0.717) is 23.5 Å². The molecule has 1 amide bonds. The van der Waals surface area contributed by atoms with Gasteiger partial charge in [-0.15, -0.1) is 0 Å². The van der Waals surface area contributed by atoms with Gasteiger partial charge in [0.05, 0.1) is 25.9 Å². The molecule has 0 saturated carbocycles. The number of ether oxygens (including phenoxy) is 2. The van der Waals surface area contributed by atoms with Gasteiger partial charge >= 0.3 is 0 Å². The first-order valence-electron chi connectivity index (χ1n) is 6.72. The van der Waals surface area contributed by atoms with E-state index >= 15 is 0 Å². The number of carbonyl (C=O) groups excluding carboxylic acids is 1. The van der Waals surface area contributed by atoms with Crippen LogP contribution >= 0.6 is 0 Å². The number of amides is 1. The van der Waals surface area contributed by atoms with Crippen molar-refractivity contribution in [3.63, 3.8) is 0 Å². The lowest BCUT2D eigenvalue weighted by Gasteiger charge is -2.26. The van der Waals surface area contributed by atoms with Crippen molar-refractivity contribution < 1.29 is 14.3 Å². The van der Waals surface area contributed by atoms with E-state index < -0.39 is 0 Å². The molecule has 1 fully saturated rings. The van der Waals surface area contributed by atoms with Gasteiger partial charge in [-0.05, 0) is 12.1 Å². The number of nitrogens with two attached hydrogens (primary N) is 1. The second kappa shape index (κ2) is 7.12. The molecule has 1 heterocycles. The smallest absolute Gasteiger partial charge is 0.253 e. The maximum Gasteiger partial charge on any atom is 0.253 e. The number of rotatable bonds is 5. The molecule has 1 aliphatic rings. The fourth-order valence-corrected chi connectivity index (χ4v) is 2.12. The minimum absolute atomic E-state index is 0.154. The first-order valence-corrected chi connectivity index (χ1v) is 6.72. The average Bonchev–Trinajstić information content (AvgIpc) is 2.48. The third-order valence-corrected chi connectivity index (χ3v) is 3.32. The van der Waals surface area contributed by atoms with Crippen molar-refractivity contribution in [3.05, 3.63) is 23.8 Å². The topological polar surface area (TPSA) is 76.8 Å². The van der Waals surface area contributed by atoms with Crippen LogP contribution in [0.3, 0.4) is 0 Å². The van der Waals surface area contributed by atoms with Crippen LogP contribution in [0.4, 0.5) is 5.69 Å². The van der Waals surface area contributed by atoms with Crippen LogP contribution in [0, 0.1) is 0 Å². The Hall–Kier alpha value is -1.79. The first-order chi connectivity index (χ1) is 9.70. The molecule has 3 N–H and O–H groups in total. The highest BCUT2D eigenvalue weighted by atomic mass is 16.5. The fourth-order valence-electron chi connectivity index (χ4n) is 2.12. The predicted molar refractivity (Wildman–Crippen MR) is 77.0 cm³/mol. The van der Waals surface area contributed by atoms with Gasteiger partial charge < -0.3 is 20.5 Å². The zero-order valence-corrected chi connectivity index (χ0v) is 11.7. The summed E-state index contributed by atoms with van der Waals surface area (Å²) in [7, 11) is 1.57. The van der Waals surface area contributed by atoms with Crippen molar-refractivity contribution in [2.45, 2.75) is 0 Å². The lowest BCUT2D eigenvalue weighted by atomic mass is 10.1. The van der Waals surface area contributed by atoms with Crippen molar-refractivity contribution >= 4 is 11.6 Å². The summed E-state index contributed by atoms with van der Waals surface area (Å²) >= 11 is 0. The molecule has 0 spiro atoms. The molecule has 2 rings (SSSR count). The van der Waals surface area contributed by atoms with E-state index in [1.807, 2.05) is 0 Å². The Morgan fingerprint density at radius 3 is 2.85 bits per heavy atom. The van der Waals surface area contributed by atoms with E-state index in [9.17, 15) is 4.79 Å². The molecule has 0 bridgehead atoms. The highest BCUT2D eigenvalue weighted by Gasteiger charge is 2.12. The van der Waals surface area contributed by atoms with Crippen molar-refractivity contribution in [2.75, 3.05) is 52.2 Å². The van der Waals surface area contributed by atoms with Crippen molar-refractivity contribution in [1.82, 2.24) is 10.2 Å². The largest absolute Gasteiger partial charge is 0.497 e. The molecule has 6 nitrogen and oxygen atoms in total. The van der Waals surface area contributed by atoms with Gasteiger partial charge in [0.2, 0.25) is 0 Å². The molecular formula is C14H21N3O3. The van der Waals surface area contributed by atoms with Crippen molar-refractivity contribution in [2.24, 2.45) is 0 Å². The van der Waals surface area contributed by atoms with Crippen molar-refractivity contribution in [3.8, 4) is 5.75 Å². The molecule has 0 unspecified atom stereocenters. The number of carbonyl (C=O) groups is 1. The number of anilines is 1. The quantitative estimate of drug-likeness (QED) is 0.760. The van der Waals surface area contributed by atoms with Gasteiger partial charge in [0.25, 0.3) is 5.91 Å². The van der Waals surface area contributed by atoms with Crippen LogP contribution < -0.4 is 15.8 Å². The molecule has 1 aromatic rings. The maximum absolute atomic E-state index is 12.0. The van der Waals surface area contributed by atoms with Gasteiger partial charge in [0.1, 0.15) is 5.75 Å². The van der Waals surface area contributed by atoms with E-state index in [1.165, 1.54) is 0 Å². The molecule has 1 aromatic carbocycles. The molecule has 110 valence electrons. The minimum Gasteiger partial charge on any atom is -0.497 e.